The van der Waals surface area contributed by atoms with E-state index in [0.717, 1.165) is 0 Å². The van der Waals surface area contributed by atoms with E-state index in [4.69, 9.17) is 0 Å². The van der Waals surface area contributed by atoms with Crippen LogP contribution in [0.25, 0.3) is 22.3 Å². The number of hydrogen-bond donors (Lipinski definition) is 0. The lowest BCUT2D eigenvalue weighted by atomic mass is 9.82. The molecule has 1 heterocycles. The van der Waals surface area contributed by atoms with E-state index in [1.165, 1.54) is 71.0 Å². The van der Waals surface area contributed by atoms with Crippen LogP contribution in [0.3, 0.4) is 0 Å². The topological polar surface area (TPSA) is 0 Å². The fourth-order valence-electron chi connectivity index (χ4n) is 4.21. The molecule has 0 spiro atoms. The van der Waals surface area contributed by atoms with Gasteiger partial charge in [-0.05, 0) is 116 Å². The summed E-state index contributed by atoms with van der Waals surface area (Å²) in [7, 11) is 0. The zero-order valence-electron chi connectivity index (χ0n) is 16.8. The third kappa shape index (κ3) is 2.30. The summed E-state index contributed by atoms with van der Waals surface area (Å²) < 4.78 is 0. The molecule has 0 saturated carbocycles. The number of aryl methyl sites for hydroxylation is 1. The highest BCUT2D eigenvalue weighted by molar-refractivity contribution is 7.99. The standard InChI is InChI=1S/C25H26S/c1-13-12-21-20-10-8-9-11-22(20)26-25-19(7)16(4)15(3)18(6)24(25)23(21)17(5)14(13)2/h8-12H,1-7H3. The van der Waals surface area contributed by atoms with E-state index in [0.29, 0.717) is 0 Å². The van der Waals surface area contributed by atoms with Crippen LogP contribution in [-0.2, 0) is 0 Å². The summed E-state index contributed by atoms with van der Waals surface area (Å²) in [6.45, 7) is 15.9. The predicted octanol–water partition coefficient (Wildman–Crippen LogP) is 7.64. The maximum absolute atomic E-state index is 2.40. The molecule has 0 atom stereocenters. The highest BCUT2D eigenvalue weighted by Gasteiger charge is 2.27. The van der Waals surface area contributed by atoms with Crippen LogP contribution in [0, 0.1) is 48.5 Å². The van der Waals surface area contributed by atoms with Gasteiger partial charge in [0.2, 0.25) is 0 Å². The predicted molar refractivity (Wildman–Crippen MR) is 115 cm³/mol. The van der Waals surface area contributed by atoms with Crippen LogP contribution in [0.4, 0.5) is 0 Å². The number of hydrogen-bond acceptors (Lipinski definition) is 1. The molecule has 3 aromatic rings. The molecule has 1 heteroatoms. The number of fused-ring (bicyclic) bond motifs is 5. The molecule has 1 aliphatic heterocycles. The lowest BCUT2D eigenvalue weighted by molar-refractivity contribution is 1.14. The van der Waals surface area contributed by atoms with E-state index in [9.17, 15) is 0 Å². The Hall–Kier alpha value is -1.99. The van der Waals surface area contributed by atoms with Crippen LogP contribution in [0.1, 0.15) is 38.9 Å². The first kappa shape index (κ1) is 17.4. The molecular formula is C25H26S. The molecule has 0 amide bonds. The molecule has 0 fully saturated rings. The van der Waals surface area contributed by atoms with Gasteiger partial charge >= 0.3 is 0 Å². The maximum atomic E-state index is 2.40. The summed E-state index contributed by atoms with van der Waals surface area (Å²) in [6, 6.07) is 11.3. The molecule has 0 aliphatic carbocycles. The Morgan fingerprint density at radius 1 is 0.577 bits per heavy atom. The van der Waals surface area contributed by atoms with Gasteiger partial charge in [-0.15, -0.1) is 0 Å². The molecule has 132 valence electrons. The largest absolute Gasteiger partial charge is 0.0885 e. The van der Waals surface area contributed by atoms with Crippen LogP contribution < -0.4 is 0 Å². The first-order chi connectivity index (χ1) is 12.3. The van der Waals surface area contributed by atoms with Crippen LogP contribution >= 0.6 is 11.8 Å². The smallest absolute Gasteiger partial charge is 0.0236 e. The van der Waals surface area contributed by atoms with E-state index < -0.39 is 0 Å². The fourth-order valence-corrected chi connectivity index (χ4v) is 5.53. The van der Waals surface area contributed by atoms with Gasteiger partial charge in [-0.1, -0.05) is 36.0 Å². The average Bonchev–Trinajstić information content (AvgIpc) is 2.78. The van der Waals surface area contributed by atoms with Crippen molar-refractivity contribution in [3.8, 4) is 22.3 Å². The van der Waals surface area contributed by atoms with Crippen LogP contribution in [0.5, 0.6) is 0 Å². The second-order valence-electron chi connectivity index (χ2n) is 7.67. The summed E-state index contributed by atoms with van der Waals surface area (Å²) >= 11 is 1.94. The van der Waals surface area contributed by atoms with Gasteiger partial charge in [0.25, 0.3) is 0 Å². The van der Waals surface area contributed by atoms with Crippen molar-refractivity contribution >= 4 is 11.8 Å². The molecule has 0 nitrogen and oxygen atoms in total. The first-order valence-electron chi connectivity index (χ1n) is 9.31. The van der Waals surface area contributed by atoms with E-state index >= 15 is 0 Å². The zero-order chi connectivity index (χ0) is 18.7. The fraction of sp³-hybridized carbons (Fsp3) is 0.280. The van der Waals surface area contributed by atoms with Gasteiger partial charge in [-0.3, -0.25) is 0 Å². The molecule has 0 bridgehead atoms. The van der Waals surface area contributed by atoms with Crippen molar-refractivity contribution in [2.24, 2.45) is 0 Å². The minimum atomic E-state index is 1.36. The molecule has 26 heavy (non-hydrogen) atoms. The van der Waals surface area contributed by atoms with Gasteiger partial charge in [0.05, 0.1) is 0 Å². The second-order valence-corrected chi connectivity index (χ2v) is 8.72. The molecule has 0 aromatic heterocycles. The minimum absolute atomic E-state index is 1.36. The van der Waals surface area contributed by atoms with Gasteiger partial charge < -0.3 is 0 Å². The normalized spacial score (nSPS) is 12.3. The Kier molecular flexibility index (Phi) is 4.04. The molecule has 3 aromatic carbocycles. The summed E-state index contributed by atoms with van der Waals surface area (Å²) in [4.78, 5) is 2.80. The van der Waals surface area contributed by atoms with Crippen LogP contribution in [0.15, 0.2) is 40.1 Å². The van der Waals surface area contributed by atoms with Crippen molar-refractivity contribution < 1.29 is 0 Å². The summed E-state index contributed by atoms with van der Waals surface area (Å²) in [5, 5.41) is 0. The second kappa shape index (κ2) is 6.03. The van der Waals surface area contributed by atoms with Gasteiger partial charge in [-0.25, -0.2) is 0 Å². The average molecular weight is 359 g/mol. The summed E-state index contributed by atoms with van der Waals surface area (Å²) in [5.74, 6) is 0. The molecule has 0 N–H and O–H groups in total. The van der Waals surface area contributed by atoms with Crippen molar-refractivity contribution in [2.45, 2.75) is 58.3 Å². The molecule has 0 radical (unpaired) electrons. The third-order valence-corrected chi connectivity index (χ3v) is 7.72. The van der Waals surface area contributed by atoms with Crippen molar-refractivity contribution in [3.05, 3.63) is 69.3 Å². The van der Waals surface area contributed by atoms with E-state index in [1.807, 2.05) is 11.8 Å². The van der Waals surface area contributed by atoms with E-state index in [-0.39, 0.29) is 0 Å². The molecule has 0 saturated heterocycles. The number of benzene rings is 3. The zero-order valence-corrected chi connectivity index (χ0v) is 17.6. The van der Waals surface area contributed by atoms with Crippen molar-refractivity contribution in [1.29, 1.82) is 0 Å². The Morgan fingerprint density at radius 3 is 1.92 bits per heavy atom. The quantitative estimate of drug-likeness (QED) is 0.311. The molecule has 0 unspecified atom stereocenters. The number of rotatable bonds is 0. The molecule has 1 aliphatic rings. The van der Waals surface area contributed by atoms with Crippen molar-refractivity contribution in [1.82, 2.24) is 0 Å². The summed E-state index contributed by atoms with van der Waals surface area (Å²) in [5.41, 5.74) is 15.5. The third-order valence-electron chi connectivity index (χ3n) is 6.43. The van der Waals surface area contributed by atoms with Gasteiger partial charge in [0, 0.05) is 9.79 Å². The summed E-state index contributed by atoms with van der Waals surface area (Å²) in [6.07, 6.45) is 0. The highest BCUT2D eigenvalue weighted by atomic mass is 32.2. The minimum Gasteiger partial charge on any atom is -0.0885 e. The SMILES string of the molecule is Cc1cc2c(c(C)c1C)-c1c(C)c(C)c(C)c(C)c1Sc1ccccc1-2. The van der Waals surface area contributed by atoms with E-state index in [1.54, 1.807) is 0 Å². The molecule has 4 rings (SSSR count). The lowest BCUT2D eigenvalue weighted by Crippen LogP contribution is -2.01. The Balaban J connectivity index is 2.27. The Labute approximate surface area is 161 Å². The van der Waals surface area contributed by atoms with Gasteiger partial charge in [0.15, 0.2) is 0 Å². The van der Waals surface area contributed by atoms with Crippen molar-refractivity contribution in [3.63, 3.8) is 0 Å². The van der Waals surface area contributed by atoms with Crippen LogP contribution in [0.2, 0.25) is 0 Å². The highest BCUT2D eigenvalue weighted by Crippen LogP contribution is 2.53. The van der Waals surface area contributed by atoms with Gasteiger partial charge in [0.1, 0.15) is 0 Å². The van der Waals surface area contributed by atoms with Crippen molar-refractivity contribution in [2.75, 3.05) is 0 Å². The maximum Gasteiger partial charge on any atom is 0.0236 e. The first-order valence-corrected chi connectivity index (χ1v) is 10.1. The van der Waals surface area contributed by atoms with Gasteiger partial charge in [-0.2, -0.15) is 0 Å². The molecular weight excluding hydrogens is 332 g/mol. The monoisotopic (exact) mass is 358 g/mol. The lowest BCUT2D eigenvalue weighted by Gasteiger charge is -2.23. The van der Waals surface area contributed by atoms with Crippen LogP contribution in [-0.4, -0.2) is 0 Å². The van der Waals surface area contributed by atoms with E-state index in [2.05, 4.69) is 78.8 Å². The Morgan fingerprint density at radius 2 is 1.19 bits per heavy atom. The Bertz CT molecular complexity index is 1070.